The largest absolute Gasteiger partial charge is 0.373 e. The van der Waals surface area contributed by atoms with Crippen LogP contribution < -0.4 is 10.6 Å². The normalized spacial score (nSPS) is 10.3. The smallest absolute Gasteiger partial charge is 0.139 e. The molecule has 0 radical (unpaired) electrons. The number of nitrogens with one attached hydrogen (secondary N) is 2. The summed E-state index contributed by atoms with van der Waals surface area (Å²) in [5.74, 6) is 1.77. The van der Waals surface area contributed by atoms with E-state index in [-0.39, 0.29) is 0 Å². The minimum atomic E-state index is 0.879. The Balaban J connectivity index is 2.32. The molecular formula is C15H20N4S. The Morgan fingerprint density at radius 2 is 2.00 bits per heavy atom. The van der Waals surface area contributed by atoms with Gasteiger partial charge in [0, 0.05) is 23.2 Å². The lowest BCUT2D eigenvalue weighted by Crippen LogP contribution is -2.05. The topological polar surface area (TPSA) is 49.8 Å². The summed E-state index contributed by atoms with van der Waals surface area (Å²) in [5.41, 5.74) is 2.18. The lowest BCUT2D eigenvalue weighted by Gasteiger charge is -2.14. The number of rotatable bonds is 6. The van der Waals surface area contributed by atoms with Gasteiger partial charge in [-0.05, 0) is 30.9 Å². The van der Waals surface area contributed by atoms with E-state index in [1.54, 1.807) is 18.1 Å². The fourth-order valence-corrected chi connectivity index (χ4v) is 2.52. The van der Waals surface area contributed by atoms with Crippen LogP contribution in [-0.4, -0.2) is 23.3 Å². The lowest BCUT2D eigenvalue weighted by atomic mass is 10.1. The molecule has 1 aromatic carbocycles. The molecule has 0 unspecified atom stereocenters. The molecule has 0 atom stereocenters. The molecule has 2 rings (SSSR count). The Kier molecular flexibility index (Phi) is 5.24. The maximum Gasteiger partial charge on any atom is 0.139 e. The second kappa shape index (κ2) is 7.14. The molecule has 20 heavy (non-hydrogen) atoms. The van der Waals surface area contributed by atoms with Crippen molar-refractivity contribution in [3.63, 3.8) is 0 Å². The molecule has 2 N–H and O–H groups in total. The molecule has 0 fully saturated rings. The first kappa shape index (κ1) is 14.7. The third-order valence-electron chi connectivity index (χ3n) is 3.01. The fourth-order valence-electron chi connectivity index (χ4n) is 2.06. The lowest BCUT2D eigenvalue weighted by molar-refractivity contribution is 0.905. The van der Waals surface area contributed by atoms with Crippen LogP contribution in [0.4, 0.5) is 17.3 Å². The van der Waals surface area contributed by atoms with Crippen LogP contribution in [0.1, 0.15) is 18.9 Å². The van der Waals surface area contributed by atoms with Crippen molar-refractivity contribution in [2.24, 2.45) is 0 Å². The molecule has 0 amide bonds. The molecular weight excluding hydrogens is 268 g/mol. The van der Waals surface area contributed by atoms with Crippen LogP contribution in [0.5, 0.6) is 0 Å². The van der Waals surface area contributed by atoms with E-state index in [4.69, 9.17) is 0 Å². The zero-order valence-corrected chi connectivity index (χ0v) is 12.9. The Hall–Kier alpha value is -1.75. The van der Waals surface area contributed by atoms with Gasteiger partial charge in [0.15, 0.2) is 0 Å². The number of aromatic nitrogens is 2. The van der Waals surface area contributed by atoms with Gasteiger partial charge >= 0.3 is 0 Å². The molecule has 1 aromatic heterocycles. The third kappa shape index (κ3) is 3.42. The number of nitrogens with zero attached hydrogens (tertiary/aromatic N) is 2. The van der Waals surface area contributed by atoms with Crippen LogP contribution in [0.2, 0.25) is 0 Å². The van der Waals surface area contributed by atoms with Crippen molar-refractivity contribution in [2.45, 2.75) is 24.7 Å². The summed E-state index contributed by atoms with van der Waals surface area (Å²) < 4.78 is 0. The van der Waals surface area contributed by atoms with Crippen molar-refractivity contribution >= 4 is 29.1 Å². The van der Waals surface area contributed by atoms with E-state index in [9.17, 15) is 0 Å². The van der Waals surface area contributed by atoms with Gasteiger partial charge in [-0.25, -0.2) is 9.97 Å². The van der Waals surface area contributed by atoms with Gasteiger partial charge in [-0.2, -0.15) is 0 Å². The van der Waals surface area contributed by atoms with Gasteiger partial charge in [0.2, 0.25) is 0 Å². The number of hydrogen-bond donors (Lipinski definition) is 2. The standard InChI is InChI=1S/C15H20N4S/c1-4-6-13-14(16-2)17-10-18-15(13)19-11-7-5-8-12(9-11)20-3/h5,7-10H,4,6H2,1-3H3,(H2,16,17,18,19). The SMILES string of the molecule is CCCc1c(NC)ncnc1Nc1cccc(SC)c1. The van der Waals surface area contributed by atoms with Crippen molar-refractivity contribution < 1.29 is 0 Å². The number of benzene rings is 1. The van der Waals surface area contributed by atoms with Crippen LogP contribution in [-0.2, 0) is 6.42 Å². The highest BCUT2D eigenvalue weighted by Crippen LogP contribution is 2.26. The first-order valence-corrected chi connectivity index (χ1v) is 7.93. The fraction of sp³-hybridized carbons (Fsp3) is 0.333. The molecule has 1 heterocycles. The predicted molar refractivity (Wildman–Crippen MR) is 87.1 cm³/mol. The van der Waals surface area contributed by atoms with Crippen LogP contribution in [0.3, 0.4) is 0 Å². The van der Waals surface area contributed by atoms with Gasteiger partial charge in [-0.15, -0.1) is 11.8 Å². The molecule has 2 aromatic rings. The number of hydrogen-bond acceptors (Lipinski definition) is 5. The molecule has 5 heteroatoms. The monoisotopic (exact) mass is 288 g/mol. The molecule has 106 valence electrons. The average Bonchev–Trinajstić information content (AvgIpc) is 2.49. The third-order valence-corrected chi connectivity index (χ3v) is 3.74. The molecule has 0 saturated heterocycles. The molecule has 4 nitrogen and oxygen atoms in total. The Bertz CT molecular complexity index is 572. The quantitative estimate of drug-likeness (QED) is 0.789. The van der Waals surface area contributed by atoms with Crippen LogP contribution >= 0.6 is 11.8 Å². The zero-order chi connectivity index (χ0) is 14.4. The predicted octanol–water partition coefficient (Wildman–Crippen LogP) is 3.94. The Morgan fingerprint density at radius 3 is 2.70 bits per heavy atom. The molecule has 0 aliphatic heterocycles. The minimum Gasteiger partial charge on any atom is -0.373 e. The van der Waals surface area contributed by atoms with Gasteiger partial charge in [0.25, 0.3) is 0 Å². The second-order valence-corrected chi connectivity index (χ2v) is 5.29. The van der Waals surface area contributed by atoms with Crippen molar-refractivity contribution in [1.29, 1.82) is 0 Å². The van der Waals surface area contributed by atoms with Gasteiger partial charge in [0.1, 0.15) is 18.0 Å². The van der Waals surface area contributed by atoms with E-state index in [1.165, 1.54) is 4.90 Å². The maximum atomic E-state index is 4.39. The van der Waals surface area contributed by atoms with E-state index < -0.39 is 0 Å². The highest BCUT2D eigenvalue weighted by molar-refractivity contribution is 7.98. The van der Waals surface area contributed by atoms with Gasteiger partial charge < -0.3 is 10.6 Å². The van der Waals surface area contributed by atoms with Gasteiger partial charge in [0.05, 0.1) is 0 Å². The first-order valence-electron chi connectivity index (χ1n) is 6.71. The van der Waals surface area contributed by atoms with Crippen LogP contribution in [0, 0.1) is 0 Å². The molecule has 0 saturated carbocycles. The highest BCUT2D eigenvalue weighted by Gasteiger charge is 2.10. The summed E-state index contributed by atoms with van der Waals surface area (Å²) in [6, 6.07) is 8.33. The van der Waals surface area contributed by atoms with E-state index in [1.807, 2.05) is 13.1 Å². The highest BCUT2D eigenvalue weighted by atomic mass is 32.2. The summed E-state index contributed by atoms with van der Waals surface area (Å²) in [5, 5.41) is 6.54. The van der Waals surface area contributed by atoms with E-state index in [2.05, 4.69) is 52.0 Å². The Labute approximate surface area is 124 Å². The summed E-state index contributed by atoms with van der Waals surface area (Å²) in [7, 11) is 1.89. The number of anilines is 3. The van der Waals surface area contributed by atoms with Crippen molar-refractivity contribution in [3.8, 4) is 0 Å². The van der Waals surface area contributed by atoms with E-state index in [0.717, 1.165) is 35.7 Å². The molecule has 0 aliphatic rings. The molecule has 0 spiro atoms. The Morgan fingerprint density at radius 1 is 1.20 bits per heavy atom. The second-order valence-electron chi connectivity index (χ2n) is 4.41. The van der Waals surface area contributed by atoms with E-state index >= 15 is 0 Å². The van der Waals surface area contributed by atoms with Crippen molar-refractivity contribution in [3.05, 3.63) is 36.2 Å². The molecule has 0 bridgehead atoms. The average molecular weight is 288 g/mol. The maximum absolute atomic E-state index is 4.39. The van der Waals surface area contributed by atoms with E-state index in [0.29, 0.717) is 0 Å². The van der Waals surface area contributed by atoms with Crippen LogP contribution in [0.15, 0.2) is 35.5 Å². The summed E-state index contributed by atoms with van der Waals surface area (Å²) in [4.78, 5) is 9.90. The van der Waals surface area contributed by atoms with Gasteiger partial charge in [-0.1, -0.05) is 19.4 Å². The minimum absolute atomic E-state index is 0.879. The van der Waals surface area contributed by atoms with Crippen molar-refractivity contribution in [1.82, 2.24) is 9.97 Å². The summed E-state index contributed by atoms with van der Waals surface area (Å²) in [6.45, 7) is 2.16. The van der Waals surface area contributed by atoms with Gasteiger partial charge in [-0.3, -0.25) is 0 Å². The summed E-state index contributed by atoms with van der Waals surface area (Å²) >= 11 is 1.73. The zero-order valence-electron chi connectivity index (χ0n) is 12.1. The summed E-state index contributed by atoms with van der Waals surface area (Å²) in [6.07, 6.45) is 5.67. The van der Waals surface area contributed by atoms with Crippen molar-refractivity contribution in [2.75, 3.05) is 23.9 Å². The van der Waals surface area contributed by atoms with Crippen LogP contribution in [0.25, 0.3) is 0 Å². The first-order chi connectivity index (χ1) is 9.78. The number of thioether (sulfide) groups is 1. The molecule has 0 aliphatic carbocycles.